The lowest BCUT2D eigenvalue weighted by Gasteiger charge is -2.13. The van der Waals surface area contributed by atoms with Gasteiger partial charge >= 0.3 is 0 Å². The third-order valence-corrected chi connectivity index (χ3v) is 5.53. The van der Waals surface area contributed by atoms with Crippen LogP contribution in [0.25, 0.3) is 6.08 Å². The molecule has 2 aromatic rings. The standard InChI is InChI=1S/C20H16Cl2N2O4S/c21-15-7-6-13(10-16(15)22)11-17-19(26)24(20(27)29-17)9-8-23-18(25)12-28-14-4-2-1-3-5-14/h1-7,10-11H,8-9,12H2,(H,23,25)/b17-11+. The molecule has 1 saturated heterocycles. The van der Waals surface area contributed by atoms with Gasteiger partial charge in [0, 0.05) is 13.1 Å². The fourth-order valence-electron chi connectivity index (χ4n) is 2.47. The van der Waals surface area contributed by atoms with E-state index in [0.29, 0.717) is 21.4 Å². The van der Waals surface area contributed by atoms with E-state index in [9.17, 15) is 14.4 Å². The van der Waals surface area contributed by atoms with Crippen LogP contribution in [0.5, 0.6) is 5.75 Å². The summed E-state index contributed by atoms with van der Waals surface area (Å²) in [7, 11) is 0. The molecule has 1 fully saturated rings. The van der Waals surface area contributed by atoms with Crippen LogP contribution in [0.3, 0.4) is 0 Å². The highest BCUT2D eigenvalue weighted by Crippen LogP contribution is 2.33. The number of ether oxygens (including phenoxy) is 1. The maximum atomic E-state index is 12.5. The van der Waals surface area contributed by atoms with E-state index >= 15 is 0 Å². The molecule has 2 aromatic carbocycles. The number of benzene rings is 2. The van der Waals surface area contributed by atoms with E-state index in [2.05, 4.69) is 5.32 Å². The van der Waals surface area contributed by atoms with Gasteiger partial charge in [-0.25, -0.2) is 0 Å². The molecule has 1 heterocycles. The van der Waals surface area contributed by atoms with Gasteiger partial charge in [0.2, 0.25) is 0 Å². The zero-order chi connectivity index (χ0) is 20.8. The molecule has 1 aliphatic rings. The Bertz CT molecular complexity index is 966. The van der Waals surface area contributed by atoms with Crippen molar-refractivity contribution in [2.24, 2.45) is 0 Å². The van der Waals surface area contributed by atoms with Crippen LogP contribution in [-0.4, -0.2) is 41.6 Å². The first-order valence-electron chi connectivity index (χ1n) is 8.59. The second-order valence-corrected chi connectivity index (χ2v) is 7.77. The molecule has 3 rings (SSSR count). The van der Waals surface area contributed by atoms with Gasteiger partial charge in [0.15, 0.2) is 6.61 Å². The molecular weight excluding hydrogens is 435 g/mol. The average Bonchev–Trinajstić information content (AvgIpc) is 2.97. The van der Waals surface area contributed by atoms with Crippen molar-refractivity contribution in [2.45, 2.75) is 0 Å². The zero-order valence-electron chi connectivity index (χ0n) is 15.1. The number of thioether (sulfide) groups is 1. The number of amides is 3. The van der Waals surface area contributed by atoms with Crippen molar-refractivity contribution >= 4 is 58.1 Å². The van der Waals surface area contributed by atoms with E-state index < -0.39 is 11.1 Å². The number of rotatable bonds is 7. The van der Waals surface area contributed by atoms with Crippen LogP contribution in [-0.2, 0) is 9.59 Å². The van der Waals surface area contributed by atoms with Gasteiger partial charge < -0.3 is 10.1 Å². The van der Waals surface area contributed by atoms with Gasteiger partial charge in [-0.05, 0) is 47.7 Å². The van der Waals surface area contributed by atoms with E-state index in [1.807, 2.05) is 6.07 Å². The summed E-state index contributed by atoms with van der Waals surface area (Å²) in [6.45, 7) is 0.0542. The maximum Gasteiger partial charge on any atom is 0.293 e. The highest BCUT2D eigenvalue weighted by molar-refractivity contribution is 8.18. The lowest BCUT2D eigenvalue weighted by Crippen LogP contribution is -2.38. The van der Waals surface area contributed by atoms with E-state index in [4.69, 9.17) is 27.9 Å². The van der Waals surface area contributed by atoms with E-state index in [1.54, 1.807) is 48.5 Å². The summed E-state index contributed by atoms with van der Waals surface area (Å²) in [6, 6.07) is 13.9. The smallest absolute Gasteiger partial charge is 0.293 e. The van der Waals surface area contributed by atoms with Gasteiger partial charge in [0.1, 0.15) is 5.75 Å². The first-order chi connectivity index (χ1) is 13.9. The molecule has 3 amide bonds. The van der Waals surface area contributed by atoms with Crippen LogP contribution in [0.4, 0.5) is 4.79 Å². The Kier molecular flexibility index (Phi) is 7.19. The Morgan fingerprint density at radius 1 is 1.10 bits per heavy atom. The van der Waals surface area contributed by atoms with Crippen molar-refractivity contribution < 1.29 is 19.1 Å². The van der Waals surface area contributed by atoms with Crippen LogP contribution >= 0.6 is 35.0 Å². The SMILES string of the molecule is O=C(COc1ccccc1)NCCN1C(=O)S/C(=C/c2ccc(Cl)c(Cl)c2)C1=O. The minimum atomic E-state index is -0.416. The summed E-state index contributed by atoms with van der Waals surface area (Å²) in [5.74, 6) is -0.172. The predicted octanol–water partition coefficient (Wildman–Crippen LogP) is 4.22. The number of hydrogen-bond donors (Lipinski definition) is 1. The Hall–Kier alpha value is -2.48. The molecule has 1 N–H and O–H groups in total. The summed E-state index contributed by atoms with van der Waals surface area (Å²) in [6.07, 6.45) is 1.58. The summed E-state index contributed by atoms with van der Waals surface area (Å²) in [5.41, 5.74) is 0.663. The number of para-hydroxylation sites is 1. The number of carbonyl (C=O) groups is 3. The maximum absolute atomic E-state index is 12.5. The average molecular weight is 451 g/mol. The van der Waals surface area contributed by atoms with Gasteiger partial charge in [0.25, 0.3) is 17.1 Å². The molecule has 1 aliphatic heterocycles. The van der Waals surface area contributed by atoms with Gasteiger partial charge in [-0.2, -0.15) is 0 Å². The van der Waals surface area contributed by atoms with Crippen molar-refractivity contribution in [1.29, 1.82) is 0 Å². The molecule has 9 heteroatoms. The Morgan fingerprint density at radius 3 is 2.59 bits per heavy atom. The third kappa shape index (κ3) is 5.76. The lowest BCUT2D eigenvalue weighted by molar-refractivity contribution is -0.125. The molecule has 0 unspecified atom stereocenters. The van der Waals surface area contributed by atoms with Crippen molar-refractivity contribution in [3.05, 3.63) is 69.0 Å². The molecule has 0 spiro atoms. The second kappa shape index (κ2) is 9.82. The highest BCUT2D eigenvalue weighted by atomic mass is 35.5. The molecule has 0 aromatic heterocycles. The van der Waals surface area contributed by atoms with Crippen LogP contribution in [0.1, 0.15) is 5.56 Å². The fourth-order valence-corrected chi connectivity index (χ4v) is 3.64. The summed E-state index contributed by atoms with van der Waals surface area (Å²) >= 11 is 12.7. The number of nitrogens with zero attached hydrogens (tertiary/aromatic N) is 1. The van der Waals surface area contributed by atoms with E-state index in [1.165, 1.54) is 0 Å². The zero-order valence-corrected chi connectivity index (χ0v) is 17.4. The molecule has 0 bridgehead atoms. The molecule has 29 heavy (non-hydrogen) atoms. The minimum absolute atomic E-state index is 0.0699. The number of imide groups is 1. The largest absolute Gasteiger partial charge is 0.484 e. The molecular formula is C20H16Cl2N2O4S. The molecule has 0 saturated carbocycles. The van der Waals surface area contributed by atoms with Gasteiger partial charge in [-0.3, -0.25) is 19.3 Å². The number of carbonyl (C=O) groups excluding carboxylic acids is 3. The van der Waals surface area contributed by atoms with Crippen molar-refractivity contribution in [1.82, 2.24) is 10.2 Å². The van der Waals surface area contributed by atoms with Crippen molar-refractivity contribution in [2.75, 3.05) is 19.7 Å². The molecule has 6 nitrogen and oxygen atoms in total. The highest BCUT2D eigenvalue weighted by Gasteiger charge is 2.34. The second-order valence-electron chi connectivity index (χ2n) is 5.96. The minimum Gasteiger partial charge on any atom is -0.484 e. The first kappa shape index (κ1) is 21.2. The topological polar surface area (TPSA) is 75.7 Å². The van der Waals surface area contributed by atoms with Gasteiger partial charge in [0.05, 0.1) is 15.0 Å². The van der Waals surface area contributed by atoms with E-state index in [0.717, 1.165) is 16.7 Å². The Labute approximate surface area is 181 Å². The quantitative estimate of drug-likeness (QED) is 0.638. The van der Waals surface area contributed by atoms with Crippen LogP contribution < -0.4 is 10.1 Å². The van der Waals surface area contributed by atoms with Crippen LogP contribution in [0.15, 0.2) is 53.4 Å². The first-order valence-corrected chi connectivity index (χ1v) is 10.2. The van der Waals surface area contributed by atoms with Gasteiger partial charge in [-0.15, -0.1) is 0 Å². The summed E-state index contributed by atoms with van der Waals surface area (Å²) in [5, 5.41) is 3.00. The predicted molar refractivity (Wildman–Crippen MR) is 114 cm³/mol. The molecule has 0 atom stereocenters. The Morgan fingerprint density at radius 2 is 1.86 bits per heavy atom. The van der Waals surface area contributed by atoms with Gasteiger partial charge in [-0.1, -0.05) is 47.5 Å². The number of halogens is 2. The fraction of sp³-hybridized carbons (Fsp3) is 0.150. The molecule has 150 valence electrons. The summed E-state index contributed by atoms with van der Waals surface area (Å²) in [4.78, 5) is 37.8. The lowest BCUT2D eigenvalue weighted by atomic mass is 10.2. The van der Waals surface area contributed by atoms with Crippen molar-refractivity contribution in [3.8, 4) is 5.75 Å². The number of nitrogens with one attached hydrogen (secondary N) is 1. The monoisotopic (exact) mass is 450 g/mol. The van der Waals surface area contributed by atoms with E-state index in [-0.39, 0.29) is 30.5 Å². The summed E-state index contributed by atoms with van der Waals surface area (Å²) < 4.78 is 5.34. The number of hydrogen-bond acceptors (Lipinski definition) is 5. The van der Waals surface area contributed by atoms with Crippen molar-refractivity contribution in [3.63, 3.8) is 0 Å². The third-order valence-electron chi connectivity index (χ3n) is 3.89. The molecule has 0 aliphatic carbocycles. The normalized spacial score (nSPS) is 15.1. The van der Waals surface area contributed by atoms with Crippen LogP contribution in [0, 0.1) is 0 Å². The molecule has 0 radical (unpaired) electrons. The van der Waals surface area contributed by atoms with Crippen LogP contribution in [0.2, 0.25) is 10.0 Å². The Balaban J connectivity index is 1.50.